The Labute approximate surface area is 209 Å². The summed E-state index contributed by atoms with van der Waals surface area (Å²) in [7, 11) is 3.41. The summed E-state index contributed by atoms with van der Waals surface area (Å²) in [4.78, 5) is 29.5. The van der Waals surface area contributed by atoms with Crippen molar-refractivity contribution in [2.75, 3.05) is 32.5 Å². The number of pyridine rings is 1. The molecule has 0 radical (unpaired) electrons. The van der Waals surface area contributed by atoms with Gasteiger partial charge in [-0.1, -0.05) is 44.4 Å². The number of anilines is 1. The van der Waals surface area contributed by atoms with Crippen LogP contribution in [-0.4, -0.2) is 55.3 Å². The van der Waals surface area contributed by atoms with Gasteiger partial charge in [-0.05, 0) is 36.9 Å². The summed E-state index contributed by atoms with van der Waals surface area (Å²) in [5.74, 6) is 0.218. The molecule has 1 amide bonds. The Hall–Kier alpha value is -3.87. The minimum Gasteiger partial charge on any atom is -0.390 e. The number of aromatic nitrogens is 1. The molecule has 7 heteroatoms. The average Bonchev–Trinajstić information content (AvgIpc) is 2.90. The van der Waals surface area contributed by atoms with E-state index in [9.17, 15) is 9.59 Å². The van der Waals surface area contributed by atoms with Crippen molar-refractivity contribution in [1.29, 1.82) is 0 Å². The molecule has 0 bridgehead atoms. The summed E-state index contributed by atoms with van der Waals surface area (Å²) in [6.45, 7) is 11.8. The maximum atomic E-state index is 11.7. The zero-order valence-corrected chi connectivity index (χ0v) is 21.0. The molecule has 2 aromatic rings. The van der Waals surface area contributed by atoms with Crippen molar-refractivity contribution in [1.82, 2.24) is 20.5 Å². The maximum Gasteiger partial charge on any atom is 0.219 e. The lowest BCUT2D eigenvalue weighted by Gasteiger charge is -2.29. The zero-order valence-electron chi connectivity index (χ0n) is 21.0. The zero-order chi connectivity index (χ0) is 25.6. The molecule has 2 atom stereocenters. The van der Waals surface area contributed by atoms with Crippen LogP contribution in [0, 0.1) is 0 Å². The van der Waals surface area contributed by atoms with E-state index < -0.39 is 6.04 Å². The molecular weight excluding hydrogens is 438 g/mol. The van der Waals surface area contributed by atoms with Gasteiger partial charge < -0.3 is 25.6 Å². The monoisotopic (exact) mass is 475 g/mol. The largest absolute Gasteiger partial charge is 0.390 e. The molecule has 35 heavy (non-hydrogen) atoms. The second kappa shape index (κ2) is 14.4. The van der Waals surface area contributed by atoms with E-state index in [1.165, 1.54) is 0 Å². The highest BCUT2D eigenvalue weighted by atomic mass is 16.1. The second-order valence-corrected chi connectivity index (χ2v) is 8.29. The van der Waals surface area contributed by atoms with Gasteiger partial charge in [0.1, 0.15) is 6.29 Å². The molecule has 0 aliphatic carbocycles. The van der Waals surface area contributed by atoms with Gasteiger partial charge in [0.25, 0.3) is 0 Å². The van der Waals surface area contributed by atoms with Crippen molar-refractivity contribution in [3.8, 4) is 0 Å². The van der Waals surface area contributed by atoms with Gasteiger partial charge in [0, 0.05) is 73.9 Å². The number of hydrogen-bond acceptors (Lipinski definition) is 6. The number of nitrogens with one attached hydrogen (secondary N) is 3. The summed E-state index contributed by atoms with van der Waals surface area (Å²) in [5.41, 5.74) is 4.47. The molecule has 1 aromatic carbocycles. The van der Waals surface area contributed by atoms with Gasteiger partial charge >= 0.3 is 0 Å². The molecular formula is C28H37N5O2. The number of amides is 1. The SMILES string of the molecule is C=Cc1c(NC/C=C/NCC(C)c2ccccn2)cccc1C(=C)N(C)C(C=O)CCC(=O)NC. The highest BCUT2D eigenvalue weighted by Gasteiger charge is 2.19. The van der Waals surface area contributed by atoms with Crippen LogP contribution in [-0.2, 0) is 9.59 Å². The Morgan fingerprint density at radius 3 is 2.69 bits per heavy atom. The van der Waals surface area contributed by atoms with E-state index in [1.54, 1.807) is 13.1 Å². The third-order valence-corrected chi connectivity index (χ3v) is 5.91. The number of hydrogen-bond donors (Lipinski definition) is 3. The van der Waals surface area contributed by atoms with E-state index in [0.29, 0.717) is 24.6 Å². The number of benzene rings is 1. The van der Waals surface area contributed by atoms with Crippen molar-refractivity contribution in [3.63, 3.8) is 0 Å². The summed E-state index contributed by atoms with van der Waals surface area (Å²) in [6, 6.07) is 11.4. The van der Waals surface area contributed by atoms with Crippen LogP contribution in [0.25, 0.3) is 11.8 Å². The lowest BCUT2D eigenvalue weighted by molar-refractivity contribution is -0.121. The van der Waals surface area contributed by atoms with E-state index in [1.807, 2.05) is 66.8 Å². The first kappa shape index (κ1) is 27.4. The second-order valence-electron chi connectivity index (χ2n) is 8.29. The minimum atomic E-state index is -0.448. The third kappa shape index (κ3) is 8.14. The Morgan fingerprint density at radius 2 is 2.03 bits per heavy atom. The molecule has 3 N–H and O–H groups in total. The highest BCUT2D eigenvalue weighted by Crippen LogP contribution is 2.29. The number of nitrogens with zero attached hydrogens (tertiary/aromatic N) is 2. The van der Waals surface area contributed by atoms with Crippen molar-refractivity contribution in [2.45, 2.75) is 31.7 Å². The first-order valence-electron chi connectivity index (χ1n) is 11.8. The van der Waals surface area contributed by atoms with E-state index in [0.717, 1.165) is 35.3 Å². The Kier molecular flexibility index (Phi) is 11.3. The van der Waals surface area contributed by atoms with Crippen LogP contribution in [0.1, 0.15) is 42.5 Å². The van der Waals surface area contributed by atoms with Crippen LogP contribution in [0.3, 0.4) is 0 Å². The average molecular weight is 476 g/mol. The molecule has 2 unspecified atom stereocenters. The lowest BCUT2D eigenvalue weighted by Crippen LogP contribution is -2.33. The number of carbonyl (C=O) groups excluding carboxylic acids is 2. The van der Waals surface area contributed by atoms with E-state index >= 15 is 0 Å². The fourth-order valence-corrected chi connectivity index (χ4v) is 3.67. The molecule has 0 aliphatic rings. The topological polar surface area (TPSA) is 86.4 Å². The quantitative estimate of drug-likeness (QED) is 0.337. The van der Waals surface area contributed by atoms with Gasteiger partial charge in [-0.3, -0.25) is 9.78 Å². The van der Waals surface area contributed by atoms with Crippen LogP contribution in [0.5, 0.6) is 0 Å². The summed E-state index contributed by atoms with van der Waals surface area (Å²) in [5, 5.41) is 9.32. The summed E-state index contributed by atoms with van der Waals surface area (Å²) >= 11 is 0. The normalized spacial score (nSPS) is 12.4. The smallest absolute Gasteiger partial charge is 0.219 e. The Morgan fingerprint density at radius 1 is 1.23 bits per heavy atom. The molecule has 7 nitrogen and oxygen atoms in total. The van der Waals surface area contributed by atoms with Gasteiger partial charge in [-0.25, -0.2) is 0 Å². The number of likely N-dealkylation sites (N-methyl/N-ethyl adjacent to an activating group) is 1. The van der Waals surface area contributed by atoms with Crippen LogP contribution >= 0.6 is 0 Å². The van der Waals surface area contributed by atoms with E-state index in [-0.39, 0.29) is 12.3 Å². The van der Waals surface area contributed by atoms with E-state index in [4.69, 9.17) is 0 Å². The Bertz CT molecular complexity index is 1020. The van der Waals surface area contributed by atoms with Gasteiger partial charge in [0.05, 0.1) is 6.04 Å². The number of rotatable bonds is 15. The number of carbonyl (C=O) groups is 2. The van der Waals surface area contributed by atoms with Crippen LogP contribution < -0.4 is 16.0 Å². The molecule has 0 saturated carbocycles. The van der Waals surface area contributed by atoms with Crippen LogP contribution in [0.4, 0.5) is 5.69 Å². The van der Waals surface area contributed by atoms with Crippen LogP contribution in [0.2, 0.25) is 0 Å². The first-order chi connectivity index (χ1) is 16.9. The predicted molar refractivity (Wildman–Crippen MR) is 145 cm³/mol. The molecule has 0 fully saturated rings. The minimum absolute atomic E-state index is 0.0948. The van der Waals surface area contributed by atoms with Gasteiger partial charge in [-0.15, -0.1) is 0 Å². The summed E-state index contributed by atoms with van der Waals surface area (Å²) in [6.07, 6.45) is 9.10. The molecule has 2 rings (SSSR count). The van der Waals surface area contributed by atoms with Crippen molar-refractivity contribution in [2.24, 2.45) is 0 Å². The highest BCUT2D eigenvalue weighted by molar-refractivity contribution is 5.81. The van der Waals surface area contributed by atoms with Gasteiger partial charge in [-0.2, -0.15) is 0 Å². The van der Waals surface area contributed by atoms with Gasteiger partial charge in [0.15, 0.2) is 0 Å². The van der Waals surface area contributed by atoms with Gasteiger partial charge in [0.2, 0.25) is 5.91 Å². The van der Waals surface area contributed by atoms with E-state index in [2.05, 4.69) is 41.0 Å². The maximum absolute atomic E-state index is 11.7. The fraction of sp³-hybridized carbons (Fsp3) is 0.321. The molecule has 0 spiro atoms. The first-order valence-corrected chi connectivity index (χ1v) is 11.8. The Balaban J connectivity index is 1.97. The lowest BCUT2D eigenvalue weighted by atomic mass is 10.0. The standard InChI is InChI=1S/C28H37N5O2/c1-6-24-25(22(3)33(5)23(20-34)14-15-28(35)29-4)11-9-13-27(24)32-18-10-16-30-19-21(2)26-12-7-8-17-31-26/h6-13,16-17,20-21,23,30,32H,1,3,14-15,18-19H2,2,4-5H3,(H,29,35)/b16-10+. The molecule has 186 valence electrons. The molecule has 0 aliphatic heterocycles. The van der Waals surface area contributed by atoms with Crippen molar-refractivity contribution < 1.29 is 9.59 Å². The number of aldehydes is 1. The van der Waals surface area contributed by atoms with Crippen molar-refractivity contribution >= 4 is 29.7 Å². The third-order valence-electron chi connectivity index (χ3n) is 5.91. The molecule has 1 heterocycles. The van der Waals surface area contributed by atoms with Crippen LogP contribution in [0.15, 0.2) is 68.0 Å². The molecule has 0 saturated heterocycles. The molecule has 1 aromatic heterocycles. The predicted octanol–water partition coefficient (Wildman–Crippen LogP) is 4.04. The fourth-order valence-electron chi connectivity index (χ4n) is 3.67. The van der Waals surface area contributed by atoms with Crippen molar-refractivity contribution in [3.05, 3.63) is 84.8 Å². The summed E-state index contributed by atoms with van der Waals surface area (Å²) < 4.78 is 0.